The van der Waals surface area contributed by atoms with E-state index in [9.17, 15) is 50.1 Å². The molecule has 0 bridgehead atoms. The zero-order valence-electron chi connectivity index (χ0n) is 23.0. The molecular weight excluding hydrogens is 560 g/mol. The Kier molecular flexibility index (Phi) is 11.6. The van der Waals surface area contributed by atoms with E-state index < -0.39 is 41.6 Å². The summed E-state index contributed by atoms with van der Waals surface area (Å²) in [5.74, 6) is -3.83. The average Bonchev–Trinajstić information content (AvgIpc) is 3.00. The molecule has 0 heterocycles. The molecule has 2 aromatic carbocycles. The molecule has 0 spiro atoms. The number of ether oxygens (including phenoxy) is 4. The van der Waals surface area contributed by atoms with Crippen LogP contribution in [0.5, 0.6) is 34.5 Å². The van der Waals surface area contributed by atoms with Gasteiger partial charge in [0.05, 0.1) is 28.4 Å². The highest BCUT2D eigenvalue weighted by Crippen LogP contribution is 2.38. The summed E-state index contributed by atoms with van der Waals surface area (Å²) in [6.07, 6.45) is -6.64. The number of hydrogen-bond acceptors (Lipinski definition) is 14. The van der Waals surface area contributed by atoms with Gasteiger partial charge in [-0.15, -0.1) is 0 Å². The van der Waals surface area contributed by atoms with Crippen molar-refractivity contribution in [2.45, 2.75) is 30.0 Å². The topological polar surface area (TPSA) is 230 Å². The van der Waals surface area contributed by atoms with Crippen molar-refractivity contribution in [1.82, 2.24) is 0 Å². The van der Waals surface area contributed by atoms with Crippen LogP contribution in [-0.4, -0.2) is 112 Å². The molecule has 228 valence electrons. The number of phenols is 2. The zero-order chi connectivity index (χ0) is 31.8. The van der Waals surface area contributed by atoms with Crippen LogP contribution in [-0.2, 0) is 14.4 Å². The molecule has 0 radical (unpaired) electrons. The zero-order valence-corrected chi connectivity index (χ0v) is 23.0. The van der Waals surface area contributed by atoms with Crippen LogP contribution in [0.4, 0.5) is 0 Å². The van der Waals surface area contributed by atoms with Crippen LogP contribution in [0.3, 0.4) is 0 Å². The van der Waals surface area contributed by atoms with Gasteiger partial charge in [0.25, 0.3) is 0 Å². The van der Waals surface area contributed by atoms with Crippen molar-refractivity contribution in [2.24, 2.45) is 0 Å². The van der Waals surface area contributed by atoms with E-state index in [1.165, 1.54) is 52.7 Å². The fourth-order valence-electron chi connectivity index (χ4n) is 3.75. The highest BCUT2D eigenvalue weighted by Gasteiger charge is 2.52. The second kappa shape index (κ2) is 14.4. The Morgan fingerprint density at radius 3 is 1.31 bits per heavy atom. The Labute approximate surface area is 239 Å². The van der Waals surface area contributed by atoms with Crippen molar-refractivity contribution in [3.05, 3.63) is 47.5 Å². The number of aliphatic hydroxyl groups is 5. The van der Waals surface area contributed by atoms with E-state index in [2.05, 4.69) is 0 Å². The summed E-state index contributed by atoms with van der Waals surface area (Å²) in [6.45, 7) is 0. The summed E-state index contributed by atoms with van der Waals surface area (Å²) in [5.41, 5.74) is -3.11. The number of aldehydes is 1. The van der Waals surface area contributed by atoms with Crippen LogP contribution >= 0.6 is 0 Å². The summed E-state index contributed by atoms with van der Waals surface area (Å²) in [7, 11) is 5.03. The van der Waals surface area contributed by atoms with Gasteiger partial charge in [0.2, 0.25) is 17.1 Å². The number of methoxy groups -OCH3 is 4. The predicted molar refractivity (Wildman–Crippen MR) is 146 cm³/mol. The maximum Gasteiger partial charge on any atom is 0.218 e. The van der Waals surface area contributed by atoms with E-state index in [1.807, 2.05) is 0 Å². The smallest absolute Gasteiger partial charge is 0.218 e. The normalized spacial score (nSPS) is 14.7. The van der Waals surface area contributed by atoms with E-state index in [0.29, 0.717) is 12.2 Å². The SMILES string of the molecule is COc1cc(/C=C/C(=O)C(O)(C(=O)/C=C/c2cc(OC)c(O)c(OC)c2)[C@@H](O)[C@@H](O)[C@H](O)[C@@H](O)C=O)cc(OC)c1O. The van der Waals surface area contributed by atoms with Crippen molar-refractivity contribution in [2.75, 3.05) is 28.4 Å². The first-order valence-electron chi connectivity index (χ1n) is 12.0. The Hall–Kier alpha value is -4.47. The lowest BCUT2D eigenvalue weighted by Crippen LogP contribution is -2.62. The molecule has 0 aliphatic carbocycles. The third-order valence-corrected chi connectivity index (χ3v) is 6.20. The van der Waals surface area contributed by atoms with Gasteiger partial charge in [0.1, 0.15) is 24.4 Å². The molecular formula is C28H32O14. The fraction of sp³-hybridized carbons (Fsp3) is 0.321. The number of ketones is 2. The third-order valence-electron chi connectivity index (χ3n) is 6.20. The molecule has 2 aromatic rings. The van der Waals surface area contributed by atoms with Gasteiger partial charge in [0, 0.05) is 0 Å². The number of aliphatic hydroxyl groups excluding tert-OH is 4. The van der Waals surface area contributed by atoms with Crippen molar-refractivity contribution in [3.8, 4) is 34.5 Å². The summed E-state index contributed by atoms with van der Waals surface area (Å²) in [5, 5.41) is 72.2. The summed E-state index contributed by atoms with van der Waals surface area (Å²) in [6, 6.07) is 5.12. The van der Waals surface area contributed by atoms with Crippen LogP contribution in [0, 0.1) is 0 Å². The molecule has 0 aromatic heterocycles. The van der Waals surface area contributed by atoms with Crippen LogP contribution in [0.25, 0.3) is 12.2 Å². The van der Waals surface area contributed by atoms with Gasteiger partial charge in [-0.3, -0.25) is 9.59 Å². The minimum atomic E-state index is -3.47. The quantitative estimate of drug-likeness (QED) is 0.0776. The lowest BCUT2D eigenvalue weighted by atomic mass is 9.81. The monoisotopic (exact) mass is 592 g/mol. The minimum Gasteiger partial charge on any atom is -0.502 e. The number of phenolic OH excluding ortho intramolecular Hbond substituents is 2. The standard InChI is InChI=1S/C28H32O14/c1-39-17-9-14(10-18(40-2)24(17)34)5-7-21(31)28(38,27(37)26(36)23(33)16(30)13-29)22(32)8-6-15-11-19(41-3)25(35)20(12-15)42-4/h5-13,16,23,26-27,30,33-38H,1-4H3/b7-5+,8-6+/t16-,23+,26-,27-/m0/s1. The van der Waals surface area contributed by atoms with Gasteiger partial charge < -0.3 is 59.5 Å². The first-order chi connectivity index (χ1) is 19.8. The largest absolute Gasteiger partial charge is 0.502 e. The molecule has 14 nitrogen and oxygen atoms in total. The first-order valence-corrected chi connectivity index (χ1v) is 12.0. The van der Waals surface area contributed by atoms with Gasteiger partial charge in [0.15, 0.2) is 40.9 Å². The van der Waals surface area contributed by atoms with Gasteiger partial charge >= 0.3 is 0 Å². The summed E-state index contributed by atoms with van der Waals surface area (Å²) in [4.78, 5) is 37.4. The number of hydrogen-bond donors (Lipinski definition) is 7. The number of benzene rings is 2. The molecule has 0 saturated heterocycles. The average molecular weight is 593 g/mol. The van der Waals surface area contributed by atoms with E-state index in [0.717, 1.165) is 12.2 Å². The molecule has 0 fully saturated rings. The third kappa shape index (κ3) is 7.05. The maximum atomic E-state index is 13.3. The van der Waals surface area contributed by atoms with Crippen LogP contribution < -0.4 is 18.9 Å². The predicted octanol–water partition coefficient (Wildman–Crippen LogP) is -0.629. The number of aromatic hydroxyl groups is 2. The molecule has 0 saturated carbocycles. The fourth-order valence-corrected chi connectivity index (χ4v) is 3.75. The van der Waals surface area contributed by atoms with E-state index >= 15 is 0 Å². The van der Waals surface area contributed by atoms with Crippen molar-refractivity contribution in [1.29, 1.82) is 0 Å². The molecule has 0 aliphatic heterocycles. The van der Waals surface area contributed by atoms with Crippen LogP contribution in [0.15, 0.2) is 36.4 Å². The highest BCUT2D eigenvalue weighted by molar-refractivity contribution is 6.20. The van der Waals surface area contributed by atoms with Crippen molar-refractivity contribution in [3.63, 3.8) is 0 Å². The lowest BCUT2D eigenvalue weighted by molar-refractivity contribution is -0.179. The molecule has 4 atom stereocenters. The first kappa shape index (κ1) is 33.7. The molecule has 0 aliphatic rings. The van der Waals surface area contributed by atoms with Gasteiger partial charge in [-0.2, -0.15) is 0 Å². The second-order valence-electron chi connectivity index (χ2n) is 8.76. The van der Waals surface area contributed by atoms with E-state index in [4.69, 9.17) is 18.9 Å². The molecule has 0 unspecified atom stereocenters. The maximum absolute atomic E-state index is 13.3. The summed E-state index contributed by atoms with van der Waals surface area (Å²) < 4.78 is 20.1. The Morgan fingerprint density at radius 1 is 0.690 bits per heavy atom. The number of rotatable bonds is 15. The van der Waals surface area contributed by atoms with Crippen molar-refractivity contribution >= 4 is 30.0 Å². The molecule has 2 rings (SSSR count). The molecule has 14 heteroatoms. The summed E-state index contributed by atoms with van der Waals surface area (Å²) >= 11 is 0. The van der Waals surface area contributed by atoms with E-state index in [-0.39, 0.29) is 51.9 Å². The van der Waals surface area contributed by atoms with Gasteiger partial charge in [-0.25, -0.2) is 0 Å². The van der Waals surface area contributed by atoms with Gasteiger partial charge in [-0.1, -0.05) is 12.2 Å². The second-order valence-corrected chi connectivity index (χ2v) is 8.76. The Bertz CT molecular complexity index is 1210. The van der Waals surface area contributed by atoms with Crippen molar-refractivity contribution < 1.29 is 69.1 Å². The minimum absolute atomic E-state index is 0.0445. The van der Waals surface area contributed by atoms with E-state index in [1.54, 1.807) is 0 Å². The molecule has 7 N–H and O–H groups in total. The van der Waals surface area contributed by atoms with Gasteiger partial charge in [-0.05, 0) is 47.5 Å². The number of carbonyl (C=O) groups is 3. The Morgan fingerprint density at radius 2 is 1.02 bits per heavy atom. The Balaban J connectivity index is 2.58. The number of carbonyl (C=O) groups excluding carboxylic acids is 3. The molecule has 42 heavy (non-hydrogen) atoms. The van der Waals surface area contributed by atoms with Crippen LogP contribution in [0.2, 0.25) is 0 Å². The lowest BCUT2D eigenvalue weighted by Gasteiger charge is -2.33. The highest BCUT2D eigenvalue weighted by atomic mass is 16.5. The molecule has 0 amide bonds. The van der Waals surface area contributed by atoms with Crippen LogP contribution in [0.1, 0.15) is 11.1 Å².